The molecule has 0 bridgehead atoms. The van der Waals surface area contributed by atoms with E-state index in [9.17, 15) is 0 Å². The smallest absolute Gasteiger partial charge is 0.128 e. The quantitative estimate of drug-likeness (QED) is 0.923. The van der Waals surface area contributed by atoms with E-state index in [0.717, 1.165) is 42.5 Å². The third-order valence-electron chi connectivity index (χ3n) is 4.29. The molecule has 110 valence electrons. The molecule has 0 saturated heterocycles. The van der Waals surface area contributed by atoms with Crippen molar-refractivity contribution < 1.29 is 0 Å². The van der Waals surface area contributed by atoms with Gasteiger partial charge in [0.1, 0.15) is 5.82 Å². The highest BCUT2D eigenvalue weighted by Gasteiger charge is 2.22. The van der Waals surface area contributed by atoms with Crippen molar-refractivity contribution in [3.8, 4) is 0 Å². The predicted molar refractivity (Wildman–Crippen MR) is 87.3 cm³/mol. The predicted octanol–water partition coefficient (Wildman–Crippen LogP) is 2.92. The molecular formula is C16H19BrN4. The van der Waals surface area contributed by atoms with Crippen LogP contribution in [0.4, 0.5) is 5.69 Å². The molecule has 2 heterocycles. The Bertz CT molecular complexity index is 647. The summed E-state index contributed by atoms with van der Waals surface area (Å²) < 4.78 is 3.40. The van der Waals surface area contributed by atoms with Gasteiger partial charge in [0.2, 0.25) is 0 Å². The fraction of sp³-hybridized carbons (Fsp3) is 0.438. The Labute approximate surface area is 133 Å². The maximum absolute atomic E-state index is 4.46. The van der Waals surface area contributed by atoms with E-state index in [1.54, 1.807) is 0 Å². The number of fused-ring (bicyclic) bond motifs is 1. The molecule has 1 aromatic heterocycles. The Hall–Kier alpha value is -1.33. The first-order valence-corrected chi connectivity index (χ1v) is 8.36. The summed E-state index contributed by atoms with van der Waals surface area (Å²) in [6.45, 7) is 3.90. The first kappa shape index (κ1) is 13.3. The molecule has 0 spiro atoms. The molecule has 1 aromatic carbocycles. The monoisotopic (exact) mass is 346 g/mol. The Balaban J connectivity index is 1.58. The van der Waals surface area contributed by atoms with Gasteiger partial charge in [-0.1, -0.05) is 15.9 Å². The molecule has 1 aliphatic carbocycles. The molecular weight excluding hydrogens is 328 g/mol. The number of hydrogen-bond donors (Lipinski definition) is 1. The first-order chi connectivity index (χ1) is 10.3. The van der Waals surface area contributed by atoms with E-state index >= 15 is 0 Å². The van der Waals surface area contributed by atoms with Gasteiger partial charge >= 0.3 is 0 Å². The number of nitrogens with zero attached hydrogens (tertiary/aromatic N) is 3. The van der Waals surface area contributed by atoms with E-state index in [2.05, 4.69) is 60.1 Å². The number of halogens is 1. The molecule has 5 heteroatoms. The van der Waals surface area contributed by atoms with Gasteiger partial charge in [0.25, 0.3) is 0 Å². The van der Waals surface area contributed by atoms with Crippen LogP contribution < -0.4 is 10.2 Å². The van der Waals surface area contributed by atoms with E-state index in [0.29, 0.717) is 0 Å². The number of imidazole rings is 1. The van der Waals surface area contributed by atoms with E-state index in [1.807, 2.05) is 6.20 Å². The Morgan fingerprint density at radius 2 is 2.19 bits per heavy atom. The van der Waals surface area contributed by atoms with Crippen LogP contribution in [0.25, 0.3) is 0 Å². The summed E-state index contributed by atoms with van der Waals surface area (Å²) in [4.78, 5) is 6.90. The maximum Gasteiger partial charge on any atom is 0.128 e. The molecule has 4 rings (SSSR count). The second-order valence-corrected chi connectivity index (χ2v) is 6.80. The lowest BCUT2D eigenvalue weighted by Gasteiger charge is -2.31. The van der Waals surface area contributed by atoms with Crippen LogP contribution in [0.1, 0.15) is 24.2 Å². The van der Waals surface area contributed by atoms with Crippen molar-refractivity contribution >= 4 is 21.6 Å². The van der Waals surface area contributed by atoms with Crippen molar-refractivity contribution in [1.29, 1.82) is 0 Å². The first-order valence-electron chi connectivity index (χ1n) is 7.56. The Morgan fingerprint density at radius 3 is 3.05 bits per heavy atom. The number of aromatic nitrogens is 2. The van der Waals surface area contributed by atoms with Crippen LogP contribution in [0.15, 0.2) is 35.1 Å². The average molecular weight is 347 g/mol. The van der Waals surface area contributed by atoms with Crippen molar-refractivity contribution in [1.82, 2.24) is 14.9 Å². The highest BCUT2D eigenvalue weighted by molar-refractivity contribution is 9.10. The summed E-state index contributed by atoms with van der Waals surface area (Å²) in [5.41, 5.74) is 2.71. The second-order valence-electron chi connectivity index (χ2n) is 5.89. The molecule has 1 saturated carbocycles. The molecule has 2 aromatic rings. The molecule has 2 aliphatic rings. The Morgan fingerprint density at radius 1 is 1.29 bits per heavy atom. The van der Waals surface area contributed by atoms with Crippen LogP contribution >= 0.6 is 15.9 Å². The minimum atomic E-state index is 0.733. The van der Waals surface area contributed by atoms with E-state index in [-0.39, 0.29) is 0 Å². The fourth-order valence-electron chi connectivity index (χ4n) is 2.93. The highest BCUT2D eigenvalue weighted by Crippen LogP contribution is 2.28. The van der Waals surface area contributed by atoms with Gasteiger partial charge in [-0.15, -0.1) is 0 Å². The summed E-state index contributed by atoms with van der Waals surface area (Å²) in [6.07, 6.45) is 6.62. The molecule has 1 aliphatic heterocycles. The largest absolute Gasteiger partial charge is 0.362 e. The number of nitrogens with one attached hydrogen (secondary N) is 1. The standard InChI is InChI=1S/C16H19BrN4/c17-13-1-4-15(12(9-13)10-19-14-2-3-14)21-8-7-20-6-5-18-16(20)11-21/h1,4-6,9,14,19H,2-3,7-8,10-11H2. The van der Waals surface area contributed by atoms with Crippen molar-refractivity contribution in [3.63, 3.8) is 0 Å². The SMILES string of the molecule is Brc1ccc(N2CCn3ccnc3C2)c(CNC2CC2)c1. The molecule has 0 atom stereocenters. The summed E-state index contributed by atoms with van der Waals surface area (Å²) in [5.74, 6) is 1.16. The van der Waals surface area contributed by atoms with E-state index < -0.39 is 0 Å². The topological polar surface area (TPSA) is 33.1 Å². The van der Waals surface area contributed by atoms with Gasteiger partial charge in [-0.3, -0.25) is 0 Å². The number of hydrogen-bond acceptors (Lipinski definition) is 3. The van der Waals surface area contributed by atoms with Gasteiger partial charge < -0.3 is 14.8 Å². The van der Waals surface area contributed by atoms with Crippen LogP contribution in [-0.4, -0.2) is 22.1 Å². The third kappa shape index (κ3) is 2.85. The average Bonchev–Trinajstić information content (AvgIpc) is 3.20. The second kappa shape index (κ2) is 5.46. The molecule has 1 N–H and O–H groups in total. The summed E-state index contributed by atoms with van der Waals surface area (Å²) in [5, 5.41) is 3.63. The van der Waals surface area contributed by atoms with Crippen molar-refractivity contribution in [2.75, 3.05) is 11.4 Å². The Kier molecular flexibility index (Phi) is 3.47. The lowest BCUT2D eigenvalue weighted by molar-refractivity contribution is 0.557. The van der Waals surface area contributed by atoms with Crippen LogP contribution in [0.5, 0.6) is 0 Å². The molecule has 0 radical (unpaired) electrons. The third-order valence-corrected chi connectivity index (χ3v) is 4.78. The van der Waals surface area contributed by atoms with Crippen molar-refractivity contribution in [2.24, 2.45) is 0 Å². The van der Waals surface area contributed by atoms with E-state index in [1.165, 1.54) is 24.1 Å². The minimum absolute atomic E-state index is 0.733. The summed E-state index contributed by atoms with van der Waals surface area (Å²) >= 11 is 3.60. The molecule has 4 nitrogen and oxygen atoms in total. The summed E-state index contributed by atoms with van der Waals surface area (Å²) in [6, 6.07) is 7.34. The van der Waals surface area contributed by atoms with Gasteiger partial charge in [-0.05, 0) is 36.6 Å². The van der Waals surface area contributed by atoms with Gasteiger partial charge in [-0.2, -0.15) is 0 Å². The lowest BCUT2D eigenvalue weighted by Crippen LogP contribution is -2.34. The summed E-state index contributed by atoms with van der Waals surface area (Å²) in [7, 11) is 0. The van der Waals surface area contributed by atoms with Crippen molar-refractivity contribution in [3.05, 3.63) is 46.5 Å². The van der Waals surface area contributed by atoms with Crippen LogP contribution in [0.3, 0.4) is 0 Å². The molecule has 21 heavy (non-hydrogen) atoms. The van der Waals surface area contributed by atoms with Crippen LogP contribution in [-0.2, 0) is 19.6 Å². The van der Waals surface area contributed by atoms with Gasteiger partial charge in [0.05, 0.1) is 6.54 Å². The molecule has 0 amide bonds. The zero-order valence-electron chi connectivity index (χ0n) is 11.9. The molecule has 1 fully saturated rings. The van der Waals surface area contributed by atoms with Crippen molar-refractivity contribution in [2.45, 2.75) is 38.5 Å². The fourth-order valence-corrected chi connectivity index (χ4v) is 3.33. The molecule has 0 unspecified atom stereocenters. The normalized spacial score (nSPS) is 17.9. The number of benzene rings is 1. The minimum Gasteiger partial charge on any atom is -0.362 e. The number of anilines is 1. The van der Waals surface area contributed by atoms with Gasteiger partial charge in [0, 0.05) is 48.2 Å². The van der Waals surface area contributed by atoms with Crippen LogP contribution in [0, 0.1) is 0 Å². The van der Waals surface area contributed by atoms with Gasteiger partial charge in [0.15, 0.2) is 0 Å². The zero-order chi connectivity index (χ0) is 14.2. The zero-order valence-corrected chi connectivity index (χ0v) is 13.5. The lowest BCUT2D eigenvalue weighted by atomic mass is 10.1. The number of rotatable bonds is 4. The highest BCUT2D eigenvalue weighted by atomic mass is 79.9. The van der Waals surface area contributed by atoms with E-state index in [4.69, 9.17) is 0 Å². The van der Waals surface area contributed by atoms with Gasteiger partial charge in [-0.25, -0.2) is 4.98 Å². The maximum atomic E-state index is 4.46. The van der Waals surface area contributed by atoms with Crippen LogP contribution in [0.2, 0.25) is 0 Å².